The molecular formula is C18H24N4O2. The van der Waals surface area contributed by atoms with Crippen molar-refractivity contribution in [1.82, 2.24) is 19.8 Å². The van der Waals surface area contributed by atoms with Crippen molar-refractivity contribution in [2.24, 2.45) is 13.0 Å². The van der Waals surface area contributed by atoms with E-state index >= 15 is 0 Å². The lowest BCUT2D eigenvalue weighted by molar-refractivity contribution is -0.138. The Bertz CT molecular complexity index is 781. The molecule has 0 saturated carbocycles. The number of nitrogens with one attached hydrogen (secondary N) is 1. The second-order valence-corrected chi connectivity index (χ2v) is 6.43. The van der Waals surface area contributed by atoms with Crippen LogP contribution in [-0.2, 0) is 23.2 Å². The number of amides is 2. The minimum Gasteiger partial charge on any atom is -0.352 e. The highest BCUT2D eigenvalue weighted by atomic mass is 16.2. The van der Waals surface area contributed by atoms with Crippen LogP contribution in [0, 0.1) is 12.8 Å². The summed E-state index contributed by atoms with van der Waals surface area (Å²) >= 11 is 0. The topological polar surface area (TPSA) is 67.2 Å². The Labute approximate surface area is 141 Å². The normalized spacial score (nSPS) is 18.2. The molecule has 1 aromatic heterocycles. The van der Waals surface area contributed by atoms with Gasteiger partial charge >= 0.3 is 0 Å². The van der Waals surface area contributed by atoms with Crippen LogP contribution in [-0.4, -0.2) is 39.4 Å². The molecule has 0 bridgehead atoms. The molecule has 0 aliphatic carbocycles. The Balaban J connectivity index is 1.63. The van der Waals surface area contributed by atoms with Gasteiger partial charge in [0.25, 0.3) is 0 Å². The lowest BCUT2D eigenvalue weighted by Gasteiger charge is -2.31. The van der Waals surface area contributed by atoms with Crippen LogP contribution in [0.2, 0.25) is 0 Å². The highest BCUT2D eigenvalue weighted by molar-refractivity contribution is 5.84. The van der Waals surface area contributed by atoms with Gasteiger partial charge in [-0.1, -0.05) is 6.07 Å². The van der Waals surface area contributed by atoms with Crippen molar-refractivity contribution in [1.29, 1.82) is 0 Å². The summed E-state index contributed by atoms with van der Waals surface area (Å²) in [5.74, 6) is 1.04. The highest BCUT2D eigenvalue weighted by Gasteiger charge is 2.29. The van der Waals surface area contributed by atoms with Gasteiger partial charge in [-0.05, 0) is 38.0 Å². The minimum atomic E-state index is -0.108. The number of fused-ring (bicyclic) bond motifs is 1. The number of nitrogens with zero attached hydrogens (tertiary/aromatic N) is 3. The van der Waals surface area contributed by atoms with Crippen molar-refractivity contribution in [3.05, 3.63) is 29.6 Å². The van der Waals surface area contributed by atoms with Crippen molar-refractivity contribution in [2.75, 3.05) is 13.1 Å². The van der Waals surface area contributed by atoms with Crippen molar-refractivity contribution in [2.45, 2.75) is 33.2 Å². The number of piperidine rings is 1. The summed E-state index contributed by atoms with van der Waals surface area (Å²) in [5, 5.41) is 3.00. The number of aromatic nitrogens is 2. The van der Waals surface area contributed by atoms with Crippen molar-refractivity contribution < 1.29 is 9.59 Å². The summed E-state index contributed by atoms with van der Waals surface area (Å²) in [5.41, 5.74) is 3.07. The number of rotatable bonds is 4. The van der Waals surface area contributed by atoms with E-state index in [9.17, 15) is 9.59 Å². The molecule has 6 nitrogen and oxygen atoms in total. The van der Waals surface area contributed by atoms with E-state index in [0.717, 1.165) is 22.4 Å². The summed E-state index contributed by atoms with van der Waals surface area (Å²) < 4.78 is 2.05. The van der Waals surface area contributed by atoms with Crippen LogP contribution in [0.5, 0.6) is 0 Å². The molecule has 3 rings (SSSR count). The zero-order valence-electron chi connectivity index (χ0n) is 14.5. The van der Waals surface area contributed by atoms with E-state index in [1.165, 1.54) is 0 Å². The van der Waals surface area contributed by atoms with Gasteiger partial charge in [0, 0.05) is 33.1 Å². The Kier molecular flexibility index (Phi) is 4.55. The van der Waals surface area contributed by atoms with E-state index in [-0.39, 0.29) is 17.7 Å². The second-order valence-electron chi connectivity index (χ2n) is 6.43. The summed E-state index contributed by atoms with van der Waals surface area (Å²) in [6.45, 7) is 5.60. The van der Waals surface area contributed by atoms with Crippen LogP contribution >= 0.6 is 0 Å². The van der Waals surface area contributed by atoms with E-state index in [1.54, 1.807) is 4.90 Å². The van der Waals surface area contributed by atoms with Crippen LogP contribution in [0.15, 0.2) is 18.2 Å². The molecule has 1 N–H and O–H groups in total. The molecule has 2 amide bonds. The lowest BCUT2D eigenvalue weighted by Crippen LogP contribution is -2.45. The number of hydrogen-bond acceptors (Lipinski definition) is 3. The van der Waals surface area contributed by atoms with Gasteiger partial charge in [0.2, 0.25) is 11.8 Å². The number of imidazole rings is 1. The largest absolute Gasteiger partial charge is 0.352 e. The quantitative estimate of drug-likeness (QED) is 0.930. The van der Waals surface area contributed by atoms with Gasteiger partial charge in [-0.2, -0.15) is 0 Å². The standard InChI is InChI=1S/C18H24N4O2/c1-4-22-11-14(6-8-17(22)23)18(24)19-10-13-5-7-16-15(9-13)20-12(2)21(16)3/h5,7,9,14H,4,6,8,10-11H2,1-3H3,(H,19,24). The number of aryl methyl sites for hydroxylation is 2. The van der Waals surface area contributed by atoms with Crippen molar-refractivity contribution in [3.8, 4) is 0 Å². The number of carbonyl (C=O) groups is 2. The van der Waals surface area contributed by atoms with Crippen LogP contribution in [0.25, 0.3) is 11.0 Å². The maximum Gasteiger partial charge on any atom is 0.225 e. The zero-order chi connectivity index (χ0) is 17.3. The molecule has 6 heteroatoms. The Morgan fingerprint density at radius 3 is 2.96 bits per heavy atom. The average molecular weight is 328 g/mol. The first kappa shape index (κ1) is 16.5. The molecule has 128 valence electrons. The van der Waals surface area contributed by atoms with E-state index in [4.69, 9.17) is 0 Å². The van der Waals surface area contributed by atoms with E-state index in [0.29, 0.717) is 32.5 Å². The van der Waals surface area contributed by atoms with E-state index in [2.05, 4.69) is 14.9 Å². The number of carbonyl (C=O) groups excluding carboxylic acids is 2. The van der Waals surface area contributed by atoms with Crippen LogP contribution in [0.1, 0.15) is 31.2 Å². The first-order valence-corrected chi connectivity index (χ1v) is 8.47. The Morgan fingerprint density at radius 1 is 1.42 bits per heavy atom. The van der Waals surface area contributed by atoms with Crippen LogP contribution < -0.4 is 5.32 Å². The Hall–Kier alpha value is -2.37. The summed E-state index contributed by atoms with van der Waals surface area (Å²) in [4.78, 5) is 30.4. The maximum absolute atomic E-state index is 12.4. The van der Waals surface area contributed by atoms with E-state index < -0.39 is 0 Å². The third kappa shape index (κ3) is 3.13. The molecule has 24 heavy (non-hydrogen) atoms. The lowest BCUT2D eigenvalue weighted by atomic mass is 9.96. The fraction of sp³-hybridized carbons (Fsp3) is 0.500. The minimum absolute atomic E-state index is 0.0262. The third-order valence-electron chi connectivity index (χ3n) is 4.89. The van der Waals surface area contributed by atoms with Crippen molar-refractivity contribution >= 4 is 22.8 Å². The molecule has 0 radical (unpaired) electrons. The first-order chi connectivity index (χ1) is 11.5. The van der Waals surface area contributed by atoms with Crippen molar-refractivity contribution in [3.63, 3.8) is 0 Å². The predicted molar refractivity (Wildman–Crippen MR) is 92.3 cm³/mol. The van der Waals surface area contributed by atoms with Gasteiger partial charge in [-0.3, -0.25) is 9.59 Å². The first-order valence-electron chi connectivity index (χ1n) is 8.47. The van der Waals surface area contributed by atoms with Gasteiger partial charge in [0.15, 0.2) is 0 Å². The van der Waals surface area contributed by atoms with E-state index in [1.807, 2.05) is 39.1 Å². The molecule has 1 aromatic carbocycles. The molecule has 1 saturated heterocycles. The molecule has 0 spiro atoms. The molecule has 2 heterocycles. The van der Waals surface area contributed by atoms with Crippen LogP contribution in [0.4, 0.5) is 0 Å². The van der Waals surface area contributed by atoms with Gasteiger partial charge in [0.1, 0.15) is 5.82 Å². The van der Waals surface area contributed by atoms with Gasteiger partial charge in [0.05, 0.1) is 17.0 Å². The molecule has 1 aliphatic rings. The zero-order valence-corrected chi connectivity index (χ0v) is 14.5. The highest BCUT2D eigenvalue weighted by Crippen LogP contribution is 2.19. The molecule has 1 unspecified atom stereocenters. The predicted octanol–water partition coefficient (Wildman–Crippen LogP) is 1.76. The summed E-state index contributed by atoms with van der Waals surface area (Å²) in [6, 6.07) is 6.08. The Morgan fingerprint density at radius 2 is 2.21 bits per heavy atom. The molecule has 1 aliphatic heterocycles. The van der Waals surface area contributed by atoms with Gasteiger partial charge in [-0.25, -0.2) is 4.98 Å². The maximum atomic E-state index is 12.4. The third-order valence-corrected chi connectivity index (χ3v) is 4.89. The monoisotopic (exact) mass is 328 g/mol. The number of hydrogen-bond donors (Lipinski definition) is 1. The molecular weight excluding hydrogens is 304 g/mol. The smallest absolute Gasteiger partial charge is 0.225 e. The van der Waals surface area contributed by atoms with Gasteiger partial charge < -0.3 is 14.8 Å². The molecule has 2 aromatic rings. The molecule has 1 fully saturated rings. The SMILES string of the molecule is CCN1CC(C(=O)NCc2ccc3c(c2)nc(C)n3C)CCC1=O. The average Bonchev–Trinajstić information content (AvgIpc) is 2.87. The van der Waals surface area contributed by atoms with Gasteiger partial charge in [-0.15, -0.1) is 0 Å². The number of likely N-dealkylation sites (tertiary alicyclic amines) is 1. The van der Waals surface area contributed by atoms with Crippen LogP contribution in [0.3, 0.4) is 0 Å². The number of benzene rings is 1. The molecule has 1 atom stereocenters. The second kappa shape index (κ2) is 6.63. The fourth-order valence-electron chi connectivity index (χ4n) is 3.24. The summed E-state index contributed by atoms with van der Waals surface area (Å²) in [7, 11) is 2.00. The summed E-state index contributed by atoms with van der Waals surface area (Å²) in [6.07, 6.45) is 1.10. The fourth-order valence-corrected chi connectivity index (χ4v) is 3.24.